The summed E-state index contributed by atoms with van der Waals surface area (Å²) in [6.45, 7) is 3.80. The van der Waals surface area contributed by atoms with E-state index in [1.807, 2.05) is 32.0 Å². The normalized spacial score (nSPS) is 14.2. The zero-order chi connectivity index (χ0) is 18.5. The first-order valence-electron chi connectivity index (χ1n) is 8.00. The monoisotopic (exact) mass is 463 g/mol. The molecule has 1 aromatic heterocycles. The Morgan fingerprint density at radius 1 is 1.23 bits per heavy atom. The average molecular weight is 463 g/mol. The summed E-state index contributed by atoms with van der Waals surface area (Å²) < 4.78 is 20.3. The van der Waals surface area contributed by atoms with E-state index in [0.29, 0.717) is 22.6 Å². The van der Waals surface area contributed by atoms with Gasteiger partial charge in [0.1, 0.15) is 28.6 Å². The summed E-state index contributed by atoms with van der Waals surface area (Å²) in [5.74, 6) is 0.0325. The van der Waals surface area contributed by atoms with Crippen molar-refractivity contribution in [2.24, 2.45) is 0 Å². The molecule has 5 nitrogen and oxygen atoms in total. The fourth-order valence-corrected chi connectivity index (χ4v) is 3.58. The van der Waals surface area contributed by atoms with Gasteiger partial charge >= 0.3 is 0 Å². The van der Waals surface area contributed by atoms with E-state index >= 15 is 0 Å². The molecule has 2 N–H and O–H groups in total. The fraction of sp³-hybridized carbons (Fsp3) is 0.158. The lowest BCUT2D eigenvalue weighted by molar-refractivity contribution is 0.0950. The Kier molecular flexibility index (Phi) is 3.98. The molecule has 2 heterocycles. The quantitative estimate of drug-likeness (QED) is 0.542. The lowest BCUT2D eigenvalue weighted by Gasteiger charge is -2.32. The molecule has 0 spiro atoms. The molecule has 132 valence electrons. The van der Waals surface area contributed by atoms with Gasteiger partial charge in [-0.15, -0.1) is 0 Å². The number of hydrogen-bond donors (Lipinski definition) is 2. The molecule has 0 radical (unpaired) electrons. The highest BCUT2D eigenvalue weighted by molar-refractivity contribution is 14.1. The van der Waals surface area contributed by atoms with Gasteiger partial charge in [-0.25, -0.2) is 4.39 Å². The lowest BCUT2D eigenvalue weighted by atomic mass is 9.89. The van der Waals surface area contributed by atoms with Gasteiger partial charge in [-0.3, -0.25) is 9.89 Å². The Morgan fingerprint density at radius 3 is 2.69 bits per heavy atom. The van der Waals surface area contributed by atoms with E-state index in [9.17, 15) is 9.18 Å². The molecular weight excluding hydrogens is 448 g/mol. The Balaban J connectivity index is 1.75. The largest absolute Gasteiger partial charge is 0.482 e. The topological polar surface area (TPSA) is 67.0 Å². The molecule has 0 saturated heterocycles. The van der Waals surface area contributed by atoms with Crippen LogP contribution in [0.25, 0.3) is 11.3 Å². The molecule has 0 saturated carbocycles. The lowest BCUT2D eigenvalue weighted by Crippen LogP contribution is -2.31. The molecule has 7 heteroatoms. The first-order chi connectivity index (χ1) is 12.3. The second-order valence-electron chi connectivity index (χ2n) is 6.54. The van der Waals surface area contributed by atoms with Crippen LogP contribution in [0.3, 0.4) is 0 Å². The zero-order valence-corrected chi connectivity index (χ0v) is 16.2. The number of hydrogen-bond acceptors (Lipinski definition) is 3. The van der Waals surface area contributed by atoms with Crippen LogP contribution < -0.4 is 10.1 Å². The summed E-state index contributed by atoms with van der Waals surface area (Å²) in [4.78, 5) is 12.8. The van der Waals surface area contributed by atoms with Crippen molar-refractivity contribution >= 4 is 34.2 Å². The van der Waals surface area contributed by atoms with Crippen LogP contribution in [0.15, 0.2) is 42.5 Å². The molecule has 2 aromatic carbocycles. The van der Waals surface area contributed by atoms with Crippen molar-refractivity contribution in [3.63, 3.8) is 0 Å². The smallest absolute Gasteiger partial charge is 0.274 e. The van der Waals surface area contributed by atoms with Gasteiger partial charge in [0, 0.05) is 14.8 Å². The summed E-state index contributed by atoms with van der Waals surface area (Å²) in [7, 11) is 0. The number of ether oxygens (including phenoxy) is 1. The van der Waals surface area contributed by atoms with Crippen LogP contribution in [0.1, 0.15) is 29.9 Å². The number of amides is 1. The molecule has 1 amide bonds. The highest BCUT2D eigenvalue weighted by Crippen LogP contribution is 2.45. The second-order valence-corrected chi connectivity index (χ2v) is 7.78. The predicted octanol–water partition coefficient (Wildman–Crippen LogP) is 4.70. The third kappa shape index (κ3) is 2.86. The van der Waals surface area contributed by atoms with Crippen LogP contribution >= 0.6 is 22.6 Å². The number of carbonyl (C=O) groups is 1. The Bertz CT molecular complexity index is 1010. The van der Waals surface area contributed by atoms with Crippen LogP contribution in [0.4, 0.5) is 10.1 Å². The predicted molar refractivity (Wildman–Crippen MR) is 105 cm³/mol. The average Bonchev–Trinajstić information content (AvgIpc) is 3.03. The molecule has 3 aromatic rings. The Morgan fingerprint density at radius 2 is 1.96 bits per heavy atom. The summed E-state index contributed by atoms with van der Waals surface area (Å²) >= 11 is 2.23. The van der Waals surface area contributed by atoms with Crippen LogP contribution in [0.2, 0.25) is 0 Å². The van der Waals surface area contributed by atoms with Crippen molar-refractivity contribution in [3.8, 4) is 17.0 Å². The van der Waals surface area contributed by atoms with E-state index in [0.717, 1.165) is 14.9 Å². The van der Waals surface area contributed by atoms with E-state index < -0.39 is 5.60 Å². The molecular formula is C19H15FIN3O2. The van der Waals surface area contributed by atoms with Gasteiger partial charge in [0.05, 0.1) is 5.56 Å². The molecule has 26 heavy (non-hydrogen) atoms. The van der Waals surface area contributed by atoms with Crippen molar-refractivity contribution in [1.29, 1.82) is 0 Å². The molecule has 0 fully saturated rings. The summed E-state index contributed by atoms with van der Waals surface area (Å²) in [6, 6.07) is 11.5. The van der Waals surface area contributed by atoms with E-state index in [2.05, 4.69) is 38.1 Å². The van der Waals surface area contributed by atoms with Crippen molar-refractivity contribution in [2.75, 3.05) is 5.32 Å². The van der Waals surface area contributed by atoms with Crippen molar-refractivity contribution in [3.05, 3.63) is 63.1 Å². The van der Waals surface area contributed by atoms with Gasteiger partial charge in [0.2, 0.25) is 0 Å². The molecule has 0 bridgehead atoms. The van der Waals surface area contributed by atoms with Crippen LogP contribution in [0, 0.1) is 9.39 Å². The second kappa shape index (κ2) is 6.08. The van der Waals surface area contributed by atoms with E-state index in [4.69, 9.17) is 4.74 Å². The zero-order valence-electron chi connectivity index (χ0n) is 14.1. The molecule has 1 aliphatic heterocycles. The molecule has 0 unspecified atom stereocenters. The van der Waals surface area contributed by atoms with Crippen molar-refractivity contribution in [2.45, 2.75) is 19.4 Å². The number of carbonyl (C=O) groups excluding carboxylic acids is 1. The summed E-state index contributed by atoms with van der Waals surface area (Å²) in [5, 5.41) is 9.97. The molecule has 0 aliphatic carbocycles. The minimum Gasteiger partial charge on any atom is -0.482 e. The van der Waals surface area contributed by atoms with Gasteiger partial charge in [-0.2, -0.15) is 5.10 Å². The minimum absolute atomic E-state index is 0.332. The van der Waals surface area contributed by atoms with Crippen molar-refractivity contribution in [1.82, 2.24) is 10.2 Å². The van der Waals surface area contributed by atoms with Crippen molar-refractivity contribution < 1.29 is 13.9 Å². The Labute approximate surface area is 163 Å². The number of aromatic amines is 1. The van der Waals surface area contributed by atoms with Gasteiger partial charge < -0.3 is 10.1 Å². The number of nitrogens with one attached hydrogen (secondary N) is 2. The first-order valence-corrected chi connectivity index (χ1v) is 9.08. The van der Waals surface area contributed by atoms with E-state index in [1.54, 1.807) is 0 Å². The van der Waals surface area contributed by atoms with Gasteiger partial charge in [-0.1, -0.05) is 0 Å². The summed E-state index contributed by atoms with van der Waals surface area (Å²) in [6.07, 6.45) is 0. The number of H-pyrrole nitrogens is 1. The van der Waals surface area contributed by atoms with Gasteiger partial charge in [0.25, 0.3) is 5.91 Å². The maximum Gasteiger partial charge on any atom is 0.274 e. The van der Waals surface area contributed by atoms with Gasteiger partial charge in [-0.05, 0) is 78.9 Å². The third-order valence-electron chi connectivity index (χ3n) is 4.26. The fourth-order valence-electron chi connectivity index (χ4n) is 3.12. The van der Waals surface area contributed by atoms with Crippen LogP contribution in [-0.4, -0.2) is 16.1 Å². The number of nitrogens with zero attached hydrogens (tertiary/aromatic N) is 1. The molecule has 4 rings (SSSR count). The highest BCUT2D eigenvalue weighted by Gasteiger charge is 2.39. The maximum absolute atomic E-state index is 13.0. The van der Waals surface area contributed by atoms with Gasteiger partial charge in [0.15, 0.2) is 0 Å². The maximum atomic E-state index is 13.0. The number of aromatic nitrogens is 2. The number of fused-ring (bicyclic) bond motifs is 3. The Hall–Kier alpha value is -2.42. The highest BCUT2D eigenvalue weighted by atomic mass is 127. The molecule has 1 aliphatic rings. The first kappa shape index (κ1) is 17.0. The SMILES string of the molecule is CC1(C)Oc2cc(I)ccc2-c2n[nH]c(C(=O)Nc3ccc(F)cc3)c21. The summed E-state index contributed by atoms with van der Waals surface area (Å²) in [5.41, 5.74) is 2.36. The van der Waals surface area contributed by atoms with E-state index in [1.165, 1.54) is 24.3 Å². The number of rotatable bonds is 2. The number of halogens is 2. The number of benzene rings is 2. The molecule has 0 atom stereocenters. The standard InChI is InChI=1S/C19H15FIN3O2/c1-19(2)15-16(13-8-5-11(21)9-14(13)26-19)23-24-17(15)18(25)22-12-6-3-10(20)4-7-12/h3-9H,1-2H3,(H,22,25)(H,23,24). The third-order valence-corrected chi connectivity index (χ3v) is 4.93. The van der Waals surface area contributed by atoms with Crippen LogP contribution in [-0.2, 0) is 5.60 Å². The van der Waals surface area contributed by atoms with Crippen LogP contribution in [0.5, 0.6) is 5.75 Å². The number of anilines is 1. The van der Waals surface area contributed by atoms with E-state index in [-0.39, 0.29) is 11.7 Å². The minimum atomic E-state index is -0.727.